The smallest absolute Gasteiger partial charge is 0.105 e. The predicted octanol–water partition coefficient (Wildman–Crippen LogP) is 4.55. The molecule has 1 aliphatic heterocycles. The van der Waals surface area contributed by atoms with E-state index in [-0.39, 0.29) is 0 Å². The van der Waals surface area contributed by atoms with Crippen LogP contribution in [0.2, 0.25) is 0 Å². The van der Waals surface area contributed by atoms with Crippen LogP contribution < -0.4 is 0 Å². The topological polar surface area (TPSA) is 0 Å². The molecule has 19 heavy (non-hydrogen) atoms. The average molecular weight is 262 g/mol. The fourth-order valence-electron chi connectivity index (χ4n) is 3.93. The number of nitrogens with zero attached hydrogens (tertiary/aromatic N) is 1. The zero-order chi connectivity index (χ0) is 14.1. The second-order valence-electron chi connectivity index (χ2n) is 7.71. The van der Waals surface area contributed by atoms with Crippen molar-refractivity contribution in [1.29, 1.82) is 0 Å². The molecule has 0 spiro atoms. The van der Waals surface area contributed by atoms with E-state index in [1.165, 1.54) is 43.3 Å². The zero-order valence-corrected chi connectivity index (χ0v) is 13.6. The summed E-state index contributed by atoms with van der Waals surface area (Å²) >= 11 is 0. The Bertz CT molecular complexity index is 369. The third kappa shape index (κ3) is 3.13. The van der Waals surface area contributed by atoms with E-state index in [1.807, 2.05) is 0 Å². The van der Waals surface area contributed by atoms with Crippen LogP contribution in [0.5, 0.6) is 0 Å². The largest absolute Gasteiger partial charge is 0.321 e. The molecule has 1 heterocycles. The van der Waals surface area contributed by atoms with Gasteiger partial charge in [0.2, 0.25) is 0 Å². The number of rotatable bonds is 3. The van der Waals surface area contributed by atoms with Crippen LogP contribution in [0.3, 0.4) is 0 Å². The number of quaternary nitrogens is 1. The first kappa shape index (κ1) is 14.8. The zero-order valence-electron chi connectivity index (χ0n) is 13.6. The van der Waals surface area contributed by atoms with Crippen LogP contribution in [0.15, 0.2) is 23.8 Å². The summed E-state index contributed by atoms with van der Waals surface area (Å²) in [5.41, 5.74) is 2.00. The molecule has 0 radical (unpaired) electrons. The van der Waals surface area contributed by atoms with E-state index < -0.39 is 0 Å². The minimum Gasteiger partial charge on any atom is -0.321 e. The van der Waals surface area contributed by atoms with Crippen molar-refractivity contribution in [3.63, 3.8) is 0 Å². The van der Waals surface area contributed by atoms with Crippen LogP contribution in [0.4, 0.5) is 0 Å². The van der Waals surface area contributed by atoms with Crippen LogP contribution in [-0.2, 0) is 0 Å². The van der Waals surface area contributed by atoms with Crippen LogP contribution in [0.1, 0.15) is 53.4 Å². The van der Waals surface area contributed by atoms with Gasteiger partial charge in [0.05, 0.1) is 20.1 Å². The lowest BCUT2D eigenvalue weighted by atomic mass is 9.68. The van der Waals surface area contributed by atoms with Crippen molar-refractivity contribution in [2.24, 2.45) is 11.3 Å². The van der Waals surface area contributed by atoms with E-state index in [1.54, 1.807) is 5.57 Å². The highest BCUT2D eigenvalue weighted by Crippen LogP contribution is 2.41. The third-order valence-corrected chi connectivity index (χ3v) is 5.74. The molecule has 0 aromatic heterocycles. The lowest BCUT2D eigenvalue weighted by Gasteiger charge is -2.38. The maximum Gasteiger partial charge on any atom is 0.105 e. The highest BCUT2D eigenvalue weighted by molar-refractivity contribution is 5.19. The summed E-state index contributed by atoms with van der Waals surface area (Å²) in [7, 11) is 2.43. The van der Waals surface area contributed by atoms with E-state index in [0.717, 1.165) is 0 Å². The van der Waals surface area contributed by atoms with Crippen molar-refractivity contribution in [2.75, 3.05) is 20.1 Å². The highest BCUT2D eigenvalue weighted by Gasteiger charge is 2.33. The molecule has 2 aliphatic rings. The molecule has 1 saturated heterocycles. The Balaban J connectivity index is 2.08. The van der Waals surface area contributed by atoms with E-state index in [4.69, 9.17) is 0 Å². The van der Waals surface area contributed by atoms with Gasteiger partial charge in [0.1, 0.15) is 6.04 Å². The fourth-order valence-corrected chi connectivity index (χ4v) is 3.93. The van der Waals surface area contributed by atoms with Crippen molar-refractivity contribution in [1.82, 2.24) is 0 Å². The second kappa shape index (κ2) is 5.44. The molecule has 0 amide bonds. The van der Waals surface area contributed by atoms with Gasteiger partial charge in [-0.25, -0.2) is 0 Å². The van der Waals surface area contributed by atoms with Gasteiger partial charge in [0.15, 0.2) is 0 Å². The Morgan fingerprint density at radius 2 is 1.95 bits per heavy atom. The summed E-state index contributed by atoms with van der Waals surface area (Å²) in [6.07, 6.45) is 12.8. The molecule has 1 nitrogen and oxygen atoms in total. The van der Waals surface area contributed by atoms with Crippen molar-refractivity contribution < 1.29 is 4.48 Å². The number of likely N-dealkylation sites (tertiary alicyclic amines) is 1. The van der Waals surface area contributed by atoms with Crippen LogP contribution in [0, 0.1) is 11.3 Å². The molecule has 1 aliphatic carbocycles. The number of allylic oxidation sites excluding steroid dienone is 3. The first-order valence-corrected chi connectivity index (χ1v) is 8.04. The molecule has 2 rings (SSSR count). The van der Waals surface area contributed by atoms with Gasteiger partial charge in [0, 0.05) is 18.8 Å². The summed E-state index contributed by atoms with van der Waals surface area (Å²) < 4.78 is 1.24. The molecule has 0 aromatic carbocycles. The quantitative estimate of drug-likeness (QED) is 0.517. The Morgan fingerprint density at radius 3 is 2.53 bits per heavy atom. The normalized spacial score (nSPS) is 31.4. The van der Waals surface area contributed by atoms with Crippen molar-refractivity contribution in [3.8, 4) is 0 Å². The molecule has 0 saturated carbocycles. The Morgan fingerprint density at radius 1 is 1.32 bits per heavy atom. The van der Waals surface area contributed by atoms with Crippen LogP contribution in [-0.4, -0.2) is 30.7 Å². The van der Waals surface area contributed by atoms with Gasteiger partial charge in [-0.3, -0.25) is 0 Å². The van der Waals surface area contributed by atoms with Gasteiger partial charge < -0.3 is 4.48 Å². The van der Waals surface area contributed by atoms with Crippen molar-refractivity contribution in [2.45, 2.75) is 59.4 Å². The molecule has 0 aromatic rings. The molecular weight excluding hydrogens is 230 g/mol. The first-order chi connectivity index (χ1) is 8.85. The monoisotopic (exact) mass is 262 g/mol. The van der Waals surface area contributed by atoms with Gasteiger partial charge in [-0.15, -0.1) is 0 Å². The second-order valence-corrected chi connectivity index (χ2v) is 7.71. The maximum atomic E-state index is 2.51. The minimum absolute atomic E-state index is 0.429. The summed E-state index contributed by atoms with van der Waals surface area (Å²) in [5, 5.41) is 0. The van der Waals surface area contributed by atoms with E-state index in [9.17, 15) is 0 Å². The van der Waals surface area contributed by atoms with E-state index in [0.29, 0.717) is 17.4 Å². The van der Waals surface area contributed by atoms with Crippen molar-refractivity contribution >= 4 is 0 Å². The van der Waals surface area contributed by atoms with Gasteiger partial charge >= 0.3 is 0 Å². The van der Waals surface area contributed by atoms with Crippen molar-refractivity contribution in [3.05, 3.63) is 23.8 Å². The third-order valence-electron chi connectivity index (χ3n) is 5.74. The summed E-state index contributed by atoms with van der Waals surface area (Å²) in [6, 6.07) is 0.660. The van der Waals surface area contributed by atoms with Gasteiger partial charge in [-0.05, 0) is 38.2 Å². The van der Waals surface area contributed by atoms with Crippen LogP contribution >= 0.6 is 0 Å². The Hall–Kier alpha value is -0.560. The molecular formula is C18H32N+. The first-order valence-electron chi connectivity index (χ1n) is 8.04. The standard InChI is InChI=1S/C18H32N/c1-15-9-8-12-18(3,4)17(15)11-10-16(2)19(5)13-6-7-14-19/h9-11,16-17H,6-8,12-14H2,1-5H3/q+1. The fraction of sp³-hybridized carbons (Fsp3) is 0.778. The van der Waals surface area contributed by atoms with E-state index >= 15 is 0 Å². The molecule has 0 bridgehead atoms. The summed E-state index contributed by atoms with van der Waals surface area (Å²) in [6.45, 7) is 12.3. The molecule has 0 N–H and O–H groups in total. The Labute approximate surface area is 120 Å². The average Bonchev–Trinajstić information content (AvgIpc) is 2.76. The SMILES string of the molecule is CC1=CCCC(C)(C)C1C=CC(C)[N+]1(C)CCCC1. The van der Waals surface area contributed by atoms with Gasteiger partial charge in [-0.2, -0.15) is 0 Å². The van der Waals surface area contributed by atoms with Crippen LogP contribution in [0.25, 0.3) is 0 Å². The Kier molecular flexibility index (Phi) is 4.25. The summed E-state index contributed by atoms with van der Waals surface area (Å²) in [4.78, 5) is 0. The number of hydrogen-bond donors (Lipinski definition) is 0. The lowest BCUT2D eigenvalue weighted by molar-refractivity contribution is -0.913. The lowest BCUT2D eigenvalue weighted by Crippen LogP contribution is -2.47. The molecule has 2 atom stereocenters. The summed E-state index contributed by atoms with van der Waals surface area (Å²) in [5.74, 6) is 0.637. The molecule has 2 unspecified atom stereocenters. The van der Waals surface area contributed by atoms with E-state index in [2.05, 4.69) is 53.0 Å². The van der Waals surface area contributed by atoms with Gasteiger partial charge in [-0.1, -0.05) is 31.6 Å². The van der Waals surface area contributed by atoms with Gasteiger partial charge in [0.25, 0.3) is 0 Å². The molecule has 1 heteroatoms. The molecule has 108 valence electrons. The predicted molar refractivity (Wildman–Crippen MR) is 84.0 cm³/mol. The minimum atomic E-state index is 0.429. The molecule has 1 fully saturated rings. The number of hydrogen-bond acceptors (Lipinski definition) is 0. The highest BCUT2D eigenvalue weighted by atomic mass is 15.4. The maximum absolute atomic E-state index is 2.51. The number of likely N-dealkylation sites (N-methyl/N-ethyl adjacent to an activating group) is 1.